The van der Waals surface area contributed by atoms with E-state index in [0.29, 0.717) is 89.1 Å². The minimum atomic E-state index is -0.445. The first-order chi connectivity index (χ1) is 14.4. The molecule has 1 amide bonds. The van der Waals surface area contributed by atoms with Gasteiger partial charge >= 0.3 is 0 Å². The number of alkyl halides is 3. The molecule has 1 unspecified atom stereocenters. The maximum absolute atomic E-state index is 12.1. The van der Waals surface area contributed by atoms with Crippen LogP contribution in [0.15, 0.2) is 0 Å². The van der Waals surface area contributed by atoms with Gasteiger partial charge in [0.2, 0.25) is 5.91 Å². The van der Waals surface area contributed by atoms with Crippen LogP contribution in [-0.2, 0) is 23.9 Å². The third-order valence-corrected chi connectivity index (χ3v) is 4.94. The van der Waals surface area contributed by atoms with Gasteiger partial charge in [-0.25, -0.2) is 0 Å². The molecule has 0 heterocycles. The van der Waals surface area contributed by atoms with Crippen molar-refractivity contribution >= 4 is 52.3 Å². The quantitative estimate of drug-likeness (QED) is 0.194. The fourth-order valence-electron chi connectivity index (χ4n) is 2.78. The first kappa shape index (κ1) is 29.6. The number of carbonyl (C=O) groups excluding carboxylic acids is 3. The minimum absolute atomic E-state index is 0.0701. The van der Waals surface area contributed by atoms with Gasteiger partial charge in [-0.3, -0.25) is 14.4 Å². The molecule has 0 aromatic heterocycles. The Balaban J connectivity index is 4.21. The molecule has 0 aromatic rings. The van der Waals surface area contributed by atoms with E-state index in [0.717, 1.165) is 12.8 Å². The maximum Gasteiger partial charge on any atom is 0.221 e. The first-order valence-electron chi connectivity index (χ1n) is 10.5. The van der Waals surface area contributed by atoms with Gasteiger partial charge in [-0.15, -0.1) is 34.8 Å². The molecule has 1 N–H and O–H groups in total. The van der Waals surface area contributed by atoms with Gasteiger partial charge in [0.05, 0.1) is 13.2 Å². The van der Waals surface area contributed by atoms with Gasteiger partial charge in [0.15, 0.2) is 0 Å². The van der Waals surface area contributed by atoms with Crippen molar-refractivity contribution in [1.82, 2.24) is 5.32 Å². The van der Waals surface area contributed by atoms with E-state index < -0.39 is 5.41 Å². The summed E-state index contributed by atoms with van der Waals surface area (Å²) in [6.07, 6.45) is 4.13. The first-order valence-corrected chi connectivity index (χ1v) is 12.1. The topological polar surface area (TPSA) is 81.7 Å². The summed E-state index contributed by atoms with van der Waals surface area (Å²) >= 11 is 16.8. The number of Topliss-reactive ketones (excluding diaryl/α,β-unsaturated/α-hetero) is 2. The van der Waals surface area contributed by atoms with Crippen molar-refractivity contribution in [3.05, 3.63) is 0 Å². The molecule has 9 heteroatoms. The molecule has 176 valence electrons. The second-order valence-electron chi connectivity index (χ2n) is 7.65. The molecule has 0 spiro atoms. The zero-order chi connectivity index (χ0) is 22.7. The van der Waals surface area contributed by atoms with Crippen molar-refractivity contribution in [1.29, 1.82) is 0 Å². The van der Waals surface area contributed by atoms with Crippen molar-refractivity contribution in [2.24, 2.45) is 5.41 Å². The molecular formula is C21H36Cl3NO5. The van der Waals surface area contributed by atoms with Crippen LogP contribution in [0.3, 0.4) is 0 Å². The summed E-state index contributed by atoms with van der Waals surface area (Å²) in [7, 11) is 0. The molecule has 0 saturated carbocycles. The third-order valence-electron chi connectivity index (χ3n) is 4.38. The molecule has 0 aromatic carbocycles. The zero-order valence-electron chi connectivity index (χ0n) is 18.0. The van der Waals surface area contributed by atoms with Gasteiger partial charge in [0, 0.05) is 74.9 Å². The van der Waals surface area contributed by atoms with Gasteiger partial charge in [0.1, 0.15) is 11.6 Å². The van der Waals surface area contributed by atoms with Crippen LogP contribution in [0.4, 0.5) is 0 Å². The highest BCUT2D eigenvalue weighted by molar-refractivity contribution is 6.19. The van der Waals surface area contributed by atoms with Crippen molar-refractivity contribution < 1.29 is 23.9 Å². The van der Waals surface area contributed by atoms with E-state index >= 15 is 0 Å². The Morgan fingerprint density at radius 1 is 0.767 bits per heavy atom. The van der Waals surface area contributed by atoms with E-state index in [1.165, 1.54) is 0 Å². The number of hydrogen-bond acceptors (Lipinski definition) is 5. The number of halogens is 3. The number of nitrogens with one attached hydrogen (secondary N) is 1. The van der Waals surface area contributed by atoms with Crippen molar-refractivity contribution in [3.8, 4) is 0 Å². The molecule has 0 radical (unpaired) electrons. The molecule has 0 rings (SSSR count). The van der Waals surface area contributed by atoms with Crippen LogP contribution in [0, 0.1) is 5.41 Å². The number of carbonyl (C=O) groups is 3. The standard InChI is InChI=1S/C21H36Cl3NO5/c1-21(15-19(27)7-10-23,16-29-13-3-2-5-18(26)6-9-22)17-30-14-4-12-25-20(28)8-11-24/h2-17H2,1H3,(H,25,28). The Labute approximate surface area is 195 Å². The van der Waals surface area contributed by atoms with Crippen LogP contribution in [0.1, 0.15) is 58.3 Å². The number of rotatable bonds is 21. The zero-order valence-corrected chi connectivity index (χ0v) is 20.3. The lowest BCUT2D eigenvalue weighted by Gasteiger charge is -2.28. The van der Waals surface area contributed by atoms with E-state index in [-0.39, 0.29) is 17.5 Å². The largest absolute Gasteiger partial charge is 0.381 e. The van der Waals surface area contributed by atoms with E-state index in [9.17, 15) is 14.4 Å². The third kappa shape index (κ3) is 17.3. The van der Waals surface area contributed by atoms with Gasteiger partial charge in [-0.1, -0.05) is 6.92 Å². The maximum atomic E-state index is 12.1. The number of unbranched alkanes of at least 4 members (excludes halogenated alkanes) is 1. The molecular weight excluding hydrogens is 453 g/mol. The summed E-state index contributed by atoms with van der Waals surface area (Å²) in [6.45, 7) is 4.26. The fourth-order valence-corrected chi connectivity index (χ4v) is 3.38. The predicted molar refractivity (Wildman–Crippen MR) is 122 cm³/mol. The number of ketones is 2. The Bertz CT molecular complexity index is 461. The van der Waals surface area contributed by atoms with E-state index in [1.807, 2.05) is 6.92 Å². The predicted octanol–water partition coefficient (Wildman–Crippen LogP) is 4.12. The van der Waals surface area contributed by atoms with Crippen LogP contribution >= 0.6 is 34.8 Å². The molecule has 0 bridgehead atoms. The van der Waals surface area contributed by atoms with E-state index in [2.05, 4.69) is 5.32 Å². The molecule has 0 saturated heterocycles. The van der Waals surface area contributed by atoms with Crippen LogP contribution < -0.4 is 5.32 Å². The number of hydrogen-bond donors (Lipinski definition) is 1. The number of amides is 1. The molecule has 0 aliphatic heterocycles. The molecule has 0 aliphatic rings. The van der Waals surface area contributed by atoms with Gasteiger partial charge in [-0.2, -0.15) is 0 Å². The highest BCUT2D eigenvalue weighted by Gasteiger charge is 2.28. The summed E-state index contributed by atoms with van der Waals surface area (Å²) in [4.78, 5) is 34.9. The fraction of sp³-hybridized carbons (Fsp3) is 0.857. The molecule has 30 heavy (non-hydrogen) atoms. The van der Waals surface area contributed by atoms with Crippen LogP contribution in [-0.4, -0.2) is 68.1 Å². The SMILES string of the molecule is CC(COCCCCC(=O)CCCl)(COCCCNC(=O)CCCl)CC(=O)CCCl. The monoisotopic (exact) mass is 487 g/mol. The second kappa shape index (κ2) is 19.3. The molecule has 0 aliphatic carbocycles. The highest BCUT2D eigenvalue weighted by Crippen LogP contribution is 2.24. The van der Waals surface area contributed by atoms with Crippen molar-refractivity contribution in [2.45, 2.75) is 58.3 Å². The Morgan fingerprint density at radius 3 is 1.93 bits per heavy atom. The summed E-state index contributed by atoms with van der Waals surface area (Å²) in [6, 6.07) is 0. The van der Waals surface area contributed by atoms with Crippen LogP contribution in [0.5, 0.6) is 0 Å². The number of ether oxygens (including phenoxy) is 2. The average molecular weight is 489 g/mol. The Morgan fingerprint density at radius 2 is 1.33 bits per heavy atom. The van der Waals surface area contributed by atoms with Gasteiger partial charge < -0.3 is 14.8 Å². The lowest BCUT2D eigenvalue weighted by molar-refractivity contribution is -0.124. The van der Waals surface area contributed by atoms with Crippen molar-refractivity contribution in [2.75, 3.05) is 50.6 Å². The van der Waals surface area contributed by atoms with Crippen molar-refractivity contribution in [3.63, 3.8) is 0 Å². The molecule has 0 fully saturated rings. The highest BCUT2D eigenvalue weighted by atomic mass is 35.5. The van der Waals surface area contributed by atoms with Crippen LogP contribution in [0.2, 0.25) is 0 Å². The molecule has 6 nitrogen and oxygen atoms in total. The van der Waals surface area contributed by atoms with Gasteiger partial charge in [-0.05, 0) is 19.3 Å². The Kier molecular flexibility index (Phi) is 19.0. The summed E-state index contributed by atoms with van der Waals surface area (Å²) in [5.74, 6) is 1.16. The molecule has 1 atom stereocenters. The van der Waals surface area contributed by atoms with Crippen LogP contribution in [0.25, 0.3) is 0 Å². The summed E-state index contributed by atoms with van der Waals surface area (Å²) < 4.78 is 11.5. The van der Waals surface area contributed by atoms with E-state index in [1.54, 1.807) is 0 Å². The van der Waals surface area contributed by atoms with E-state index in [4.69, 9.17) is 44.3 Å². The normalized spacial score (nSPS) is 13.1. The summed E-state index contributed by atoms with van der Waals surface area (Å²) in [5, 5.41) is 2.77. The lowest BCUT2D eigenvalue weighted by atomic mass is 9.86. The smallest absolute Gasteiger partial charge is 0.221 e. The summed E-state index contributed by atoms with van der Waals surface area (Å²) in [5.41, 5.74) is -0.445. The van der Waals surface area contributed by atoms with Gasteiger partial charge in [0.25, 0.3) is 0 Å². The minimum Gasteiger partial charge on any atom is -0.381 e. The lowest BCUT2D eigenvalue weighted by Crippen LogP contribution is -2.33. The second-order valence-corrected chi connectivity index (χ2v) is 8.78. The average Bonchev–Trinajstić information content (AvgIpc) is 2.68. The Hall–Kier alpha value is -0.400.